The normalized spacial score (nSPS) is 10.9. The highest BCUT2D eigenvalue weighted by molar-refractivity contribution is 7.14. The Morgan fingerprint density at radius 3 is 2.67 bits per heavy atom. The topological polar surface area (TPSA) is 48.0 Å². The van der Waals surface area contributed by atoms with Gasteiger partial charge in [0, 0.05) is 6.07 Å². The van der Waals surface area contributed by atoms with Gasteiger partial charge in [-0.15, -0.1) is 0 Å². The number of benzene rings is 2. The van der Waals surface area contributed by atoms with E-state index >= 15 is 0 Å². The molecule has 0 unspecified atom stereocenters. The maximum absolute atomic E-state index is 13.4. The summed E-state index contributed by atoms with van der Waals surface area (Å²) in [5.74, 6) is -0.517. The number of fused-ring (bicyclic) bond motifs is 1. The molecule has 0 bridgehead atoms. The van der Waals surface area contributed by atoms with Crippen LogP contribution in [0.5, 0.6) is 0 Å². The zero-order valence-corrected chi connectivity index (χ0v) is 10.1. The van der Waals surface area contributed by atoms with Crippen LogP contribution in [0.3, 0.4) is 0 Å². The summed E-state index contributed by atoms with van der Waals surface area (Å²) in [6.07, 6.45) is 0. The van der Waals surface area contributed by atoms with Crippen LogP contribution in [0.15, 0.2) is 47.3 Å². The molecule has 3 nitrogen and oxygen atoms in total. The Balaban J connectivity index is 2.28. The average Bonchev–Trinajstić information content (AvgIpc) is 2.71. The van der Waals surface area contributed by atoms with Gasteiger partial charge in [0.2, 0.25) is 0 Å². The Hall–Kier alpha value is -2.14. The Kier molecular flexibility index (Phi) is 2.41. The Morgan fingerprint density at radius 1 is 1.17 bits per heavy atom. The summed E-state index contributed by atoms with van der Waals surface area (Å²) >= 11 is 1.29. The maximum Gasteiger partial charge on any atom is 0.273 e. The second-order valence-corrected chi connectivity index (χ2v) is 4.88. The largest absolute Gasteiger partial charge is 0.396 e. The van der Waals surface area contributed by atoms with E-state index in [0.29, 0.717) is 11.1 Å². The first-order valence-electron chi connectivity index (χ1n) is 5.33. The summed E-state index contributed by atoms with van der Waals surface area (Å²) in [4.78, 5) is 12.1. The number of nitrogens with zero attached hydrogens (tertiary/aromatic N) is 1. The van der Waals surface area contributed by atoms with Crippen molar-refractivity contribution in [3.05, 3.63) is 58.6 Å². The lowest BCUT2D eigenvalue weighted by Crippen LogP contribution is -2.11. The second-order valence-electron chi connectivity index (χ2n) is 3.89. The summed E-state index contributed by atoms with van der Waals surface area (Å²) in [6, 6.07) is 11.7. The lowest BCUT2D eigenvalue weighted by molar-refractivity contribution is 0.631. The number of hydrogen-bond donors (Lipinski definition) is 1. The molecule has 0 amide bonds. The van der Waals surface area contributed by atoms with Crippen LogP contribution in [0.2, 0.25) is 0 Å². The highest BCUT2D eigenvalue weighted by Gasteiger charge is 2.09. The minimum absolute atomic E-state index is 0.0768. The molecule has 2 aromatic carbocycles. The summed E-state index contributed by atoms with van der Waals surface area (Å²) in [5, 5.41) is 0.639. The van der Waals surface area contributed by atoms with Crippen LogP contribution in [-0.2, 0) is 0 Å². The molecule has 5 heteroatoms. The summed E-state index contributed by atoms with van der Waals surface area (Å²) in [6.45, 7) is 0. The highest BCUT2D eigenvalue weighted by atomic mass is 32.1. The number of rotatable bonds is 1. The standard InChI is InChI=1S/C13H9FN2OS/c14-10-7-8(5-6-11(10)15)16-13(17)9-3-1-2-4-12(9)18-16/h1-7H,15H2. The molecule has 1 aromatic heterocycles. The van der Waals surface area contributed by atoms with Crippen LogP contribution in [0, 0.1) is 5.82 Å². The van der Waals surface area contributed by atoms with Crippen LogP contribution < -0.4 is 11.3 Å². The third-order valence-corrected chi connectivity index (χ3v) is 3.82. The lowest BCUT2D eigenvalue weighted by atomic mass is 10.2. The zero-order valence-electron chi connectivity index (χ0n) is 9.26. The smallest absolute Gasteiger partial charge is 0.273 e. The molecule has 0 saturated carbocycles. The number of nitrogen functional groups attached to an aromatic ring is 1. The van der Waals surface area contributed by atoms with Gasteiger partial charge in [-0.3, -0.25) is 4.79 Å². The predicted octanol–water partition coefficient (Wildman–Crippen LogP) is 2.77. The number of nitrogens with two attached hydrogens (primary N) is 1. The molecule has 1 heterocycles. The van der Waals surface area contributed by atoms with Crippen LogP contribution >= 0.6 is 11.5 Å². The number of anilines is 1. The van der Waals surface area contributed by atoms with E-state index in [4.69, 9.17) is 5.73 Å². The van der Waals surface area contributed by atoms with E-state index in [9.17, 15) is 9.18 Å². The van der Waals surface area contributed by atoms with E-state index in [1.54, 1.807) is 12.1 Å². The summed E-state index contributed by atoms with van der Waals surface area (Å²) in [7, 11) is 0. The molecule has 3 aromatic rings. The molecule has 18 heavy (non-hydrogen) atoms. The van der Waals surface area contributed by atoms with E-state index in [1.165, 1.54) is 27.6 Å². The monoisotopic (exact) mass is 260 g/mol. The van der Waals surface area contributed by atoms with Crippen LogP contribution in [0.4, 0.5) is 10.1 Å². The Morgan fingerprint density at radius 2 is 1.94 bits per heavy atom. The molecular formula is C13H9FN2OS. The molecule has 3 rings (SSSR count). The molecule has 0 atom stereocenters. The minimum Gasteiger partial charge on any atom is -0.396 e. The van der Waals surface area contributed by atoms with Gasteiger partial charge in [-0.2, -0.15) is 0 Å². The van der Waals surface area contributed by atoms with Crippen molar-refractivity contribution in [3.63, 3.8) is 0 Å². The fourth-order valence-corrected chi connectivity index (χ4v) is 2.77. The quantitative estimate of drug-likeness (QED) is 0.684. The van der Waals surface area contributed by atoms with Crippen molar-refractivity contribution in [2.75, 3.05) is 5.73 Å². The highest BCUT2D eigenvalue weighted by Crippen LogP contribution is 2.21. The molecule has 0 aliphatic rings. The fourth-order valence-electron chi connectivity index (χ4n) is 1.78. The van der Waals surface area contributed by atoms with Crippen molar-refractivity contribution in [1.82, 2.24) is 3.96 Å². The minimum atomic E-state index is -0.517. The van der Waals surface area contributed by atoms with E-state index in [-0.39, 0.29) is 11.2 Å². The number of aromatic nitrogens is 1. The van der Waals surface area contributed by atoms with Crippen LogP contribution in [0.25, 0.3) is 15.8 Å². The molecule has 0 aliphatic carbocycles. The van der Waals surface area contributed by atoms with Gasteiger partial charge < -0.3 is 5.73 Å². The zero-order chi connectivity index (χ0) is 12.7. The van der Waals surface area contributed by atoms with Crippen LogP contribution in [0.1, 0.15) is 0 Å². The molecule has 0 fully saturated rings. The Bertz CT molecular complexity index is 791. The first-order valence-corrected chi connectivity index (χ1v) is 6.10. The third-order valence-electron chi connectivity index (χ3n) is 2.71. The van der Waals surface area contributed by atoms with Gasteiger partial charge >= 0.3 is 0 Å². The van der Waals surface area contributed by atoms with Crippen LogP contribution in [-0.4, -0.2) is 3.96 Å². The van der Waals surface area contributed by atoms with Crippen molar-refractivity contribution in [3.8, 4) is 5.69 Å². The lowest BCUT2D eigenvalue weighted by Gasteiger charge is -2.01. The SMILES string of the molecule is Nc1ccc(-n2sc3ccccc3c2=O)cc1F. The second kappa shape index (κ2) is 3.96. The van der Waals surface area contributed by atoms with Gasteiger partial charge in [0.25, 0.3) is 5.56 Å². The van der Waals surface area contributed by atoms with E-state index in [2.05, 4.69) is 0 Å². The summed E-state index contributed by atoms with van der Waals surface area (Å²) < 4.78 is 15.8. The van der Waals surface area contributed by atoms with Crippen molar-refractivity contribution >= 4 is 27.3 Å². The van der Waals surface area contributed by atoms with Gasteiger partial charge in [-0.1, -0.05) is 23.7 Å². The number of hydrogen-bond acceptors (Lipinski definition) is 3. The van der Waals surface area contributed by atoms with Gasteiger partial charge in [-0.25, -0.2) is 8.35 Å². The first-order chi connectivity index (χ1) is 8.66. The fraction of sp³-hybridized carbons (Fsp3) is 0. The summed E-state index contributed by atoms with van der Waals surface area (Å²) in [5.41, 5.74) is 5.85. The maximum atomic E-state index is 13.4. The molecule has 90 valence electrons. The molecule has 0 radical (unpaired) electrons. The average molecular weight is 260 g/mol. The van der Waals surface area contributed by atoms with Crippen molar-refractivity contribution in [2.45, 2.75) is 0 Å². The van der Waals surface area contributed by atoms with Gasteiger partial charge in [0.15, 0.2) is 0 Å². The molecule has 0 saturated heterocycles. The van der Waals surface area contributed by atoms with E-state index in [0.717, 1.165) is 4.70 Å². The van der Waals surface area contributed by atoms with Crippen molar-refractivity contribution < 1.29 is 4.39 Å². The predicted molar refractivity (Wildman–Crippen MR) is 71.8 cm³/mol. The van der Waals surface area contributed by atoms with Gasteiger partial charge in [0.05, 0.1) is 21.5 Å². The first kappa shape index (κ1) is 11.0. The molecule has 0 spiro atoms. The van der Waals surface area contributed by atoms with E-state index < -0.39 is 5.82 Å². The molecule has 0 aliphatic heterocycles. The molecule has 2 N–H and O–H groups in total. The Labute approximate surface area is 106 Å². The van der Waals surface area contributed by atoms with Crippen molar-refractivity contribution in [1.29, 1.82) is 0 Å². The van der Waals surface area contributed by atoms with E-state index in [1.807, 2.05) is 18.2 Å². The molecular weight excluding hydrogens is 251 g/mol. The van der Waals surface area contributed by atoms with Crippen molar-refractivity contribution in [2.24, 2.45) is 0 Å². The van der Waals surface area contributed by atoms with Gasteiger partial charge in [-0.05, 0) is 24.3 Å². The van der Waals surface area contributed by atoms with Gasteiger partial charge in [0.1, 0.15) is 5.82 Å². The number of halogens is 1. The third kappa shape index (κ3) is 1.60.